The Kier molecular flexibility index (Phi) is 7.84. The summed E-state index contributed by atoms with van der Waals surface area (Å²) in [6.07, 6.45) is 0.691. The lowest BCUT2D eigenvalue weighted by Gasteiger charge is -2.22. The average Bonchev–Trinajstić information content (AvgIpc) is 2.46. The van der Waals surface area contributed by atoms with E-state index >= 15 is 0 Å². The van der Waals surface area contributed by atoms with E-state index in [-0.39, 0.29) is 18.1 Å². The largest absolute Gasteiger partial charge is 0.383 e. The molecule has 4 nitrogen and oxygen atoms in total. The lowest BCUT2D eigenvalue weighted by atomic mass is 10.1. The summed E-state index contributed by atoms with van der Waals surface area (Å²) in [4.78, 5) is 13.8. The maximum atomic E-state index is 13.5. The number of aryl methyl sites for hydroxylation is 1. The van der Waals surface area contributed by atoms with Crippen LogP contribution in [0.15, 0.2) is 24.3 Å². The number of hydrogen-bond donors (Lipinski definition) is 0. The molecule has 0 aromatic heterocycles. The predicted octanol–water partition coefficient (Wildman–Crippen LogP) is 1.88. The van der Waals surface area contributed by atoms with E-state index < -0.39 is 0 Å². The topological polar surface area (TPSA) is 38.8 Å². The van der Waals surface area contributed by atoms with Crippen molar-refractivity contribution in [2.45, 2.75) is 12.8 Å². The highest BCUT2D eigenvalue weighted by Gasteiger charge is 2.13. The smallest absolute Gasteiger partial charge is 0.223 e. The summed E-state index contributed by atoms with van der Waals surface area (Å²) in [6, 6.07) is 6.53. The lowest BCUT2D eigenvalue weighted by Crippen LogP contribution is -2.36. The average molecular weight is 283 g/mol. The van der Waals surface area contributed by atoms with Gasteiger partial charge in [-0.2, -0.15) is 0 Å². The summed E-state index contributed by atoms with van der Waals surface area (Å²) >= 11 is 0. The molecular weight excluding hydrogens is 261 g/mol. The number of ether oxygens (including phenoxy) is 2. The van der Waals surface area contributed by atoms with E-state index in [0.717, 1.165) is 0 Å². The zero-order chi connectivity index (χ0) is 14.8. The van der Waals surface area contributed by atoms with Gasteiger partial charge in [0.05, 0.1) is 13.2 Å². The summed E-state index contributed by atoms with van der Waals surface area (Å²) in [7, 11) is 3.19. The first-order chi connectivity index (χ1) is 9.69. The van der Waals surface area contributed by atoms with E-state index in [1.54, 1.807) is 37.3 Å². The number of carbonyl (C=O) groups is 1. The number of hydrogen-bond acceptors (Lipinski definition) is 3. The molecule has 0 saturated heterocycles. The van der Waals surface area contributed by atoms with Gasteiger partial charge in [0.15, 0.2) is 0 Å². The standard InChI is InChI=1S/C15H22FNO3/c1-19-11-9-17(10-12-20-2)15(18)8-7-13-5-3-4-6-14(13)16/h3-6H,7-12H2,1-2H3. The lowest BCUT2D eigenvalue weighted by molar-refractivity contribution is -0.132. The first-order valence-corrected chi connectivity index (χ1v) is 6.68. The van der Waals surface area contributed by atoms with Crippen LogP contribution in [0.4, 0.5) is 4.39 Å². The summed E-state index contributed by atoms with van der Waals surface area (Å²) < 4.78 is 23.5. The second kappa shape index (κ2) is 9.44. The minimum absolute atomic E-state index is 0.0117. The van der Waals surface area contributed by atoms with Gasteiger partial charge in [-0.1, -0.05) is 18.2 Å². The van der Waals surface area contributed by atoms with Gasteiger partial charge in [0.25, 0.3) is 0 Å². The van der Waals surface area contributed by atoms with Crippen molar-refractivity contribution in [1.29, 1.82) is 0 Å². The number of benzene rings is 1. The van der Waals surface area contributed by atoms with E-state index in [9.17, 15) is 9.18 Å². The molecule has 112 valence electrons. The summed E-state index contributed by atoms with van der Waals surface area (Å²) in [5, 5.41) is 0. The molecule has 0 unspecified atom stereocenters. The number of rotatable bonds is 9. The van der Waals surface area contributed by atoms with Crippen LogP contribution in [0.25, 0.3) is 0 Å². The molecule has 0 radical (unpaired) electrons. The van der Waals surface area contributed by atoms with Gasteiger partial charge in [-0.3, -0.25) is 4.79 Å². The van der Waals surface area contributed by atoms with Crippen molar-refractivity contribution >= 4 is 5.91 Å². The van der Waals surface area contributed by atoms with Crippen molar-refractivity contribution in [3.63, 3.8) is 0 Å². The van der Waals surface area contributed by atoms with Gasteiger partial charge in [0.1, 0.15) is 5.82 Å². The first kappa shape index (κ1) is 16.6. The molecule has 1 aromatic carbocycles. The van der Waals surface area contributed by atoms with Gasteiger partial charge in [0.2, 0.25) is 5.91 Å². The fourth-order valence-electron chi connectivity index (χ4n) is 1.87. The van der Waals surface area contributed by atoms with E-state index in [4.69, 9.17) is 9.47 Å². The van der Waals surface area contributed by atoms with E-state index in [1.807, 2.05) is 0 Å². The molecule has 1 rings (SSSR count). The highest BCUT2D eigenvalue weighted by Crippen LogP contribution is 2.10. The third kappa shape index (κ3) is 5.67. The van der Waals surface area contributed by atoms with Gasteiger partial charge in [-0.05, 0) is 18.1 Å². The Morgan fingerprint density at radius 1 is 1.15 bits per heavy atom. The Balaban J connectivity index is 2.50. The molecule has 0 bridgehead atoms. The van der Waals surface area contributed by atoms with Gasteiger partial charge in [-0.25, -0.2) is 4.39 Å². The second-order valence-corrected chi connectivity index (χ2v) is 4.46. The highest BCUT2D eigenvalue weighted by atomic mass is 19.1. The quantitative estimate of drug-likeness (QED) is 0.694. The van der Waals surface area contributed by atoms with Crippen LogP contribution in [0, 0.1) is 5.82 Å². The Bertz CT molecular complexity index is 404. The molecule has 1 amide bonds. The van der Waals surface area contributed by atoms with Crippen molar-refractivity contribution in [1.82, 2.24) is 4.90 Å². The molecule has 0 N–H and O–H groups in total. The van der Waals surface area contributed by atoms with Crippen LogP contribution < -0.4 is 0 Å². The van der Waals surface area contributed by atoms with Crippen molar-refractivity contribution in [2.24, 2.45) is 0 Å². The monoisotopic (exact) mass is 283 g/mol. The van der Waals surface area contributed by atoms with Gasteiger partial charge in [-0.15, -0.1) is 0 Å². The van der Waals surface area contributed by atoms with Crippen LogP contribution in [0.5, 0.6) is 0 Å². The third-order valence-corrected chi connectivity index (χ3v) is 3.05. The summed E-state index contributed by atoms with van der Waals surface area (Å²) in [5.74, 6) is -0.275. The highest BCUT2D eigenvalue weighted by molar-refractivity contribution is 5.76. The van der Waals surface area contributed by atoms with E-state index in [0.29, 0.717) is 38.3 Å². The maximum Gasteiger partial charge on any atom is 0.223 e. The molecule has 0 spiro atoms. The SMILES string of the molecule is COCCN(CCOC)C(=O)CCc1ccccc1F. The third-order valence-electron chi connectivity index (χ3n) is 3.05. The van der Waals surface area contributed by atoms with Crippen molar-refractivity contribution in [3.05, 3.63) is 35.6 Å². The van der Waals surface area contributed by atoms with Crippen LogP contribution >= 0.6 is 0 Å². The molecular formula is C15H22FNO3. The Morgan fingerprint density at radius 2 is 1.75 bits per heavy atom. The number of nitrogens with zero attached hydrogens (tertiary/aromatic N) is 1. The Labute approximate surface area is 119 Å². The van der Waals surface area contributed by atoms with Crippen LogP contribution in [-0.2, 0) is 20.7 Å². The molecule has 0 heterocycles. The van der Waals surface area contributed by atoms with Gasteiger partial charge in [0, 0.05) is 33.7 Å². The molecule has 1 aromatic rings. The zero-order valence-electron chi connectivity index (χ0n) is 12.1. The van der Waals surface area contributed by atoms with Gasteiger partial charge >= 0.3 is 0 Å². The van der Waals surface area contributed by atoms with Crippen molar-refractivity contribution < 1.29 is 18.7 Å². The van der Waals surface area contributed by atoms with E-state index in [2.05, 4.69) is 0 Å². The minimum Gasteiger partial charge on any atom is -0.383 e. The molecule has 0 aliphatic carbocycles. The van der Waals surface area contributed by atoms with Crippen LogP contribution in [0.3, 0.4) is 0 Å². The molecule has 0 aliphatic rings. The number of carbonyl (C=O) groups excluding carboxylic acids is 1. The Morgan fingerprint density at radius 3 is 2.30 bits per heavy atom. The molecule has 0 saturated carbocycles. The fourth-order valence-corrected chi connectivity index (χ4v) is 1.87. The molecule has 0 atom stereocenters. The van der Waals surface area contributed by atoms with Crippen LogP contribution in [0.2, 0.25) is 0 Å². The number of halogens is 1. The van der Waals surface area contributed by atoms with Crippen molar-refractivity contribution in [3.8, 4) is 0 Å². The second-order valence-electron chi connectivity index (χ2n) is 4.46. The maximum absolute atomic E-state index is 13.5. The summed E-state index contributed by atoms with van der Waals surface area (Å²) in [6.45, 7) is 2.01. The number of amides is 1. The van der Waals surface area contributed by atoms with Gasteiger partial charge < -0.3 is 14.4 Å². The Hall–Kier alpha value is -1.46. The molecule has 5 heteroatoms. The van der Waals surface area contributed by atoms with Crippen LogP contribution in [0.1, 0.15) is 12.0 Å². The molecule has 20 heavy (non-hydrogen) atoms. The minimum atomic E-state index is -0.263. The van der Waals surface area contributed by atoms with Crippen LogP contribution in [-0.4, -0.2) is 51.3 Å². The molecule has 0 aliphatic heterocycles. The normalized spacial score (nSPS) is 10.6. The zero-order valence-corrected chi connectivity index (χ0v) is 12.1. The van der Waals surface area contributed by atoms with E-state index in [1.165, 1.54) is 6.07 Å². The fraction of sp³-hybridized carbons (Fsp3) is 0.533. The molecule has 0 fully saturated rings. The van der Waals surface area contributed by atoms with Crippen molar-refractivity contribution in [2.75, 3.05) is 40.5 Å². The summed E-state index contributed by atoms with van der Waals surface area (Å²) in [5.41, 5.74) is 0.569. The first-order valence-electron chi connectivity index (χ1n) is 6.68. The predicted molar refractivity (Wildman–Crippen MR) is 75.1 cm³/mol. The number of methoxy groups -OCH3 is 2.